The van der Waals surface area contributed by atoms with E-state index in [0.29, 0.717) is 33.4 Å². The molecule has 0 saturated carbocycles. The van der Waals surface area contributed by atoms with Gasteiger partial charge < -0.3 is 83.5 Å². The predicted molar refractivity (Wildman–Crippen MR) is 377 cm³/mol. The molecule has 524 valence electrons. The molecule has 0 aromatic heterocycles. The maximum absolute atomic E-state index is 15.1. The van der Waals surface area contributed by atoms with Gasteiger partial charge in [-0.3, -0.25) is 0 Å². The summed E-state index contributed by atoms with van der Waals surface area (Å²) in [5.41, 5.74) is -2.44. The van der Waals surface area contributed by atoms with Crippen molar-refractivity contribution in [1.82, 2.24) is 0 Å². The van der Waals surface area contributed by atoms with Crippen LogP contribution >= 0.6 is 0 Å². The van der Waals surface area contributed by atoms with Crippen LogP contribution in [0.5, 0.6) is 69.0 Å². The van der Waals surface area contributed by atoms with Gasteiger partial charge in [-0.1, -0.05) is 243 Å². The first-order chi connectivity index (χ1) is 51.4. The summed E-state index contributed by atoms with van der Waals surface area (Å²) in [6.07, 6.45) is -2.13. The molecule has 0 bridgehead atoms. The lowest BCUT2D eigenvalue weighted by atomic mass is 9.63. The van der Waals surface area contributed by atoms with E-state index in [1.165, 1.54) is 0 Å². The van der Waals surface area contributed by atoms with Crippen LogP contribution in [0.4, 0.5) is 0 Å². The lowest BCUT2D eigenvalue weighted by molar-refractivity contribution is -0.0575. The molecule has 106 heavy (non-hydrogen) atoms. The van der Waals surface area contributed by atoms with Crippen molar-refractivity contribution in [1.29, 1.82) is 0 Å². The lowest BCUT2D eigenvalue weighted by Gasteiger charge is -2.46. The smallest absolute Gasteiger partial charge is 0.336 e. The molecule has 1 saturated heterocycles. The van der Waals surface area contributed by atoms with Gasteiger partial charge in [0.05, 0.1) is 35.0 Å². The van der Waals surface area contributed by atoms with E-state index in [4.69, 9.17) is 42.6 Å². The highest BCUT2D eigenvalue weighted by atomic mass is 16.8. The van der Waals surface area contributed by atoms with E-state index in [1.807, 2.05) is 0 Å². The second kappa shape index (κ2) is 25.0. The van der Waals surface area contributed by atoms with Crippen molar-refractivity contribution in [3.05, 3.63) is 356 Å². The van der Waals surface area contributed by atoms with Crippen LogP contribution in [0.15, 0.2) is 267 Å². The zero-order chi connectivity index (χ0) is 73.0. The number of carboxylic acid groups (broad SMARTS) is 4. The summed E-state index contributed by atoms with van der Waals surface area (Å²) in [5, 5.41) is 98.7. The topological polar surface area (TPSA) is 313 Å². The molecular weight excluding hydrogens is 1360 g/mol. The summed E-state index contributed by atoms with van der Waals surface area (Å²) in [6, 6.07) is 71.3. The predicted octanol–water partition coefficient (Wildman–Crippen LogP) is 15.4. The zero-order valence-electron chi connectivity index (χ0n) is 55.3. The second-order valence-electron chi connectivity index (χ2n) is 25.9. The number of carboxylic acids is 4. The number of aromatic hydroxyl groups is 4. The highest BCUT2D eigenvalue weighted by Crippen LogP contribution is 2.70. The minimum atomic E-state index is -2.16. The highest BCUT2D eigenvalue weighted by molar-refractivity contribution is 5.97. The molecule has 0 spiro atoms. The number of phenolic OH excluding ortho intramolecular Hbond substituents is 4. The summed E-state index contributed by atoms with van der Waals surface area (Å²) in [5.74, 6) is -28.5. The molecule has 12 aromatic carbocycles. The Morgan fingerprint density at radius 2 is 0.462 bits per heavy atom. The number of benzene rings is 12. The summed E-state index contributed by atoms with van der Waals surface area (Å²) in [7, 11) is 0. The third kappa shape index (κ3) is 10.0. The molecule has 4 atom stereocenters. The molecule has 17 rings (SSSR count). The monoisotopic (exact) mass is 1410 g/mol. The molecule has 0 unspecified atom stereocenters. The molecule has 12 aromatic rings. The van der Waals surface area contributed by atoms with Crippen LogP contribution < -0.4 is 37.9 Å². The van der Waals surface area contributed by atoms with Crippen LogP contribution in [0.25, 0.3) is 0 Å². The van der Waals surface area contributed by atoms with Crippen LogP contribution in [0.3, 0.4) is 0 Å². The normalized spacial score (nSPS) is 18.3. The van der Waals surface area contributed by atoms with Gasteiger partial charge in [0.15, 0.2) is 46.0 Å². The number of phenols is 4. The van der Waals surface area contributed by atoms with Crippen molar-refractivity contribution in [3.8, 4) is 69.0 Å². The van der Waals surface area contributed by atoms with Crippen LogP contribution in [0.1, 0.15) is 132 Å². The fraction of sp³-hybridized carbons (Fsp3) is 0.106. The van der Waals surface area contributed by atoms with Gasteiger partial charge in [-0.25, -0.2) is 19.2 Å². The average Bonchev–Trinajstić information content (AvgIpc) is 1.42. The molecule has 5 aliphatic rings. The van der Waals surface area contributed by atoms with Crippen LogP contribution in [0.2, 0.25) is 0 Å². The Morgan fingerprint density at radius 1 is 0.264 bits per heavy atom. The Morgan fingerprint density at radius 3 is 0.708 bits per heavy atom. The fourth-order valence-electron chi connectivity index (χ4n) is 15.6. The standard InChI is InChI=1S/C85H58O21/c86-59-41-54(78(90)91)63(74-69(59)99-82(103-74,46-25-9-1-10-26-46)47-27-11-2-12-28-47)58-45-98-73(67-57(81(96)97)44-62(89)72-77(67)106-85(102-72,52-37-21-7-22-38-52)53-39-23-8-24-40-53)68(66-56(80(94)95)43-61(88)71-76(66)105-84(101-71,50-33-17-5-18-34-50)51-35-19-6-20-36-51)64(58)65-55(79(92)93)42-60(87)70-75(65)104-83(100-70,48-29-13-3-14-30-48)49-31-15-4-16-32-49/h1-44,58,64,68,73,86-89H,45H2,(H,90,91)(H,92,93)(H,94,95)(H,96,97)/t58-,64+,68+,73-/m0/s1. The summed E-state index contributed by atoms with van der Waals surface area (Å²) < 4.78 is 64.8. The quantitative estimate of drug-likeness (QED) is 0.0446. The highest BCUT2D eigenvalue weighted by Gasteiger charge is 2.61. The molecule has 5 aliphatic heterocycles. The maximum Gasteiger partial charge on any atom is 0.336 e. The average molecular weight is 1420 g/mol. The van der Waals surface area contributed by atoms with Crippen molar-refractivity contribution in [2.24, 2.45) is 0 Å². The van der Waals surface area contributed by atoms with E-state index in [9.17, 15) is 50.4 Å². The Kier molecular flexibility index (Phi) is 15.4. The van der Waals surface area contributed by atoms with Crippen molar-refractivity contribution in [3.63, 3.8) is 0 Å². The molecule has 8 N–H and O–H groups in total. The largest absolute Gasteiger partial charge is 0.504 e. The summed E-state index contributed by atoms with van der Waals surface area (Å²) >= 11 is 0. The van der Waals surface area contributed by atoms with Gasteiger partial charge in [-0.05, 0) is 24.3 Å². The van der Waals surface area contributed by atoms with Gasteiger partial charge >= 0.3 is 47.0 Å². The third-order valence-corrected chi connectivity index (χ3v) is 20.1. The van der Waals surface area contributed by atoms with Gasteiger partial charge in [0, 0.05) is 84.5 Å². The maximum atomic E-state index is 15.1. The molecule has 0 radical (unpaired) electrons. The first kappa shape index (κ1) is 65.4. The third-order valence-electron chi connectivity index (χ3n) is 20.1. The molecular formula is C85H58O21. The Labute approximate surface area is 602 Å². The van der Waals surface area contributed by atoms with Gasteiger partial charge in [0.2, 0.25) is 23.0 Å². The molecule has 1 fully saturated rings. The van der Waals surface area contributed by atoms with E-state index in [1.54, 1.807) is 243 Å². The number of ether oxygens (including phenoxy) is 9. The molecule has 21 heteroatoms. The Balaban J connectivity index is 1.04. The van der Waals surface area contributed by atoms with Gasteiger partial charge in [0.25, 0.3) is 0 Å². The number of hydrogen-bond donors (Lipinski definition) is 8. The van der Waals surface area contributed by atoms with Gasteiger partial charge in [-0.2, -0.15) is 0 Å². The summed E-state index contributed by atoms with van der Waals surface area (Å²) in [6.45, 7) is -0.871. The lowest BCUT2D eigenvalue weighted by Crippen LogP contribution is -2.39. The van der Waals surface area contributed by atoms with E-state index in [-0.39, 0.29) is 16.7 Å². The van der Waals surface area contributed by atoms with Crippen molar-refractivity contribution < 1.29 is 103 Å². The fourth-order valence-corrected chi connectivity index (χ4v) is 15.6. The van der Waals surface area contributed by atoms with Crippen LogP contribution in [0, 0.1) is 0 Å². The Hall–Kier alpha value is -13.9. The number of aromatic carboxylic acids is 4. The van der Waals surface area contributed by atoms with Crippen molar-refractivity contribution >= 4 is 23.9 Å². The van der Waals surface area contributed by atoms with E-state index < -0.39 is 185 Å². The number of hydrogen-bond acceptors (Lipinski definition) is 17. The van der Waals surface area contributed by atoms with E-state index in [0.717, 1.165) is 24.3 Å². The minimum Gasteiger partial charge on any atom is -0.504 e. The Bertz CT molecular complexity index is 5010. The van der Waals surface area contributed by atoms with Crippen molar-refractivity contribution in [2.45, 2.75) is 47.0 Å². The van der Waals surface area contributed by atoms with Crippen molar-refractivity contribution in [2.75, 3.05) is 6.61 Å². The first-order valence-electron chi connectivity index (χ1n) is 33.6. The minimum absolute atomic E-state index is 0.287. The van der Waals surface area contributed by atoms with Crippen LogP contribution in [-0.4, -0.2) is 71.3 Å². The molecule has 21 nitrogen and oxygen atoms in total. The molecule has 0 amide bonds. The SMILES string of the molecule is O=C(O)c1cc(O)c2c(c1[C@@H]1[C@H](c3c(C(=O)O)cc(O)c4c3OC(c3ccccc3)(c3ccccc3)O4)[C@H](c3c(C(=O)O)cc(O)c4c3OC(c3ccccc3)(c3ccccc3)O4)OC[C@H]1c1c(C(=O)O)cc(O)c3c1OC(c1ccccc1)(c1ccccc1)O3)OC(c1ccccc1)(c1ccccc1)O2. The summed E-state index contributed by atoms with van der Waals surface area (Å²) in [4.78, 5) is 59.8. The number of fused-ring (bicyclic) bond motifs is 4. The van der Waals surface area contributed by atoms with Gasteiger partial charge in [-0.15, -0.1) is 0 Å². The van der Waals surface area contributed by atoms with Crippen LogP contribution in [-0.2, 0) is 27.9 Å². The number of rotatable bonds is 16. The number of carbonyl (C=O) groups is 4. The molecule has 0 aliphatic carbocycles. The second-order valence-corrected chi connectivity index (χ2v) is 25.9. The molecule has 5 heterocycles. The van der Waals surface area contributed by atoms with E-state index in [2.05, 4.69) is 0 Å². The first-order valence-corrected chi connectivity index (χ1v) is 33.6. The zero-order valence-corrected chi connectivity index (χ0v) is 55.3. The van der Waals surface area contributed by atoms with E-state index >= 15 is 9.59 Å². The van der Waals surface area contributed by atoms with Gasteiger partial charge in [0.1, 0.15) is 0 Å².